The smallest absolute Gasteiger partial charge is 0.213 e. The molecule has 0 unspecified atom stereocenters. The monoisotopic (exact) mass is 286 g/mol. The molecule has 0 bridgehead atoms. The summed E-state index contributed by atoms with van der Waals surface area (Å²) in [5.41, 5.74) is 11.8. The third-order valence-electron chi connectivity index (χ3n) is 2.43. The fourth-order valence-electron chi connectivity index (χ4n) is 1.61. The maximum atomic E-state index is 12.4. The molecule has 0 amide bonds. The number of halogens is 1. The predicted octanol–water partition coefficient (Wildman–Crippen LogP) is 1.37. The molecule has 0 fully saturated rings. The Kier molecular flexibility index (Phi) is 2.95. The van der Waals surface area contributed by atoms with E-state index in [-0.39, 0.29) is 20.6 Å². The zero-order valence-corrected chi connectivity index (χ0v) is 11.0. The van der Waals surface area contributed by atoms with Gasteiger partial charge < -0.3 is 11.5 Å². The van der Waals surface area contributed by atoms with Crippen LogP contribution in [0.1, 0.15) is 5.69 Å². The Balaban J connectivity index is 2.73. The number of nitrogen functional groups attached to an aromatic ring is 2. The Morgan fingerprint density at radius 1 is 1.33 bits per heavy atom. The van der Waals surface area contributed by atoms with Crippen LogP contribution >= 0.6 is 11.6 Å². The highest BCUT2D eigenvalue weighted by Gasteiger charge is 2.27. The SMILES string of the molecule is Cc1[nH]nc(N)c1S(=O)(=O)c1cc(N)ccc1Cl. The summed E-state index contributed by atoms with van der Waals surface area (Å²) in [6, 6.07) is 4.24. The van der Waals surface area contributed by atoms with E-state index in [9.17, 15) is 8.42 Å². The van der Waals surface area contributed by atoms with Crippen LogP contribution in [0.4, 0.5) is 11.5 Å². The number of aromatic nitrogens is 2. The van der Waals surface area contributed by atoms with Crippen molar-refractivity contribution in [3.05, 3.63) is 28.9 Å². The standard InChI is InChI=1S/C10H11ClN4O2S/c1-5-9(10(13)15-14-5)18(16,17)8-4-6(12)2-3-7(8)11/h2-4H,12H2,1H3,(H3,13,14,15). The van der Waals surface area contributed by atoms with Crippen molar-refractivity contribution in [1.29, 1.82) is 0 Å². The van der Waals surface area contributed by atoms with Crippen LogP contribution in [0.3, 0.4) is 0 Å². The second-order valence-corrected chi connectivity index (χ2v) is 6.02. The topological polar surface area (TPSA) is 115 Å². The van der Waals surface area contributed by atoms with E-state index < -0.39 is 9.84 Å². The van der Waals surface area contributed by atoms with Gasteiger partial charge in [-0.1, -0.05) is 11.6 Å². The Hall–Kier alpha value is -1.73. The van der Waals surface area contributed by atoms with Crippen LogP contribution in [0.25, 0.3) is 0 Å². The van der Waals surface area contributed by atoms with Crippen molar-refractivity contribution >= 4 is 32.9 Å². The average Bonchev–Trinajstić information content (AvgIpc) is 2.62. The molecule has 1 heterocycles. The largest absolute Gasteiger partial charge is 0.399 e. The van der Waals surface area contributed by atoms with Gasteiger partial charge >= 0.3 is 0 Å². The van der Waals surface area contributed by atoms with Crippen LogP contribution in [-0.4, -0.2) is 18.6 Å². The molecule has 1 aromatic heterocycles. The highest BCUT2D eigenvalue weighted by molar-refractivity contribution is 7.91. The highest BCUT2D eigenvalue weighted by Crippen LogP contribution is 2.32. The Bertz CT molecular complexity index is 689. The van der Waals surface area contributed by atoms with Gasteiger partial charge in [0.15, 0.2) is 5.82 Å². The summed E-state index contributed by atoms with van der Waals surface area (Å²) in [7, 11) is -3.84. The molecular weight excluding hydrogens is 276 g/mol. The van der Waals surface area contributed by atoms with E-state index in [0.717, 1.165) is 0 Å². The van der Waals surface area contributed by atoms with E-state index in [1.165, 1.54) is 18.2 Å². The van der Waals surface area contributed by atoms with Crippen molar-refractivity contribution in [3.63, 3.8) is 0 Å². The number of anilines is 2. The first-order valence-corrected chi connectivity index (χ1v) is 6.80. The van der Waals surface area contributed by atoms with Crippen LogP contribution < -0.4 is 11.5 Å². The van der Waals surface area contributed by atoms with E-state index in [2.05, 4.69) is 10.2 Å². The molecule has 0 aliphatic carbocycles. The van der Waals surface area contributed by atoms with Gasteiger partial charge in [-0.2, -0.15) is 5.10 Å². The number of H-pyrrole nitrogens is 1. The number of aryl methyl sites for hydroxylation is 1. The lowest BCUT2D eigenvalue weighted by molar-refractivity contribution is 0.596. The minimum atomic E-state index is -3.84. The third-order valence-corrected chi connectivity index (χ3v) is 4.84. The number of benzene rings is 1. The van der Waals surface area contributed by atoms with Crippen molar-refractivity contribution in [2.75, 3.05) is 11.5 Å². The number of nitrogens with two attached hydrogens (primary N) is 2. The Morgan fingerprint density at radius 3 is 2.56 bits per heavy atom. The molecule has 5 N–H and O–H groups in total. The lowest BCUT2D eigenvalue weighted by Crippen LogP contribution is -2.07. The first-order chi connectivity index (χ1) is 8.34. The summed E-state index contributed by atoms with van der Waals surface area (Å²) in [4.78, 5) is -0.157. The molecule has 0 aliphatic heterocycles. The van der Waals surface area contributed by atoms with Gasteiger partial charge in [-0.05, 0) is 25.1 Å². The summed E-state index contributed by atoms with van der Waals surface area (Å²) in [5.74, 6) is -0.0917. The van der Waals surface area contributed by atoms with Gasteiger partial charge in [0.1, 0.15) is 4.90 Å². The number of hydrogen-bond donors (Lipinski definition) is 3. The average molecular weight is 287 g/mol. The molecule has 2 aromatic rings. The number of rotatable bonds is 2. The van der Waals surface area contributed by atoms with E-state index in [4.69, 9.17) is 23.1 Å². The fourth-order valence-corrected chi connectivity index (χ4v) is 3.64. The lowest BCUT2D eigenvalue weighted by Gasteiger charge is -2.07. The van der Waals surface area contributed by atoms with Crippen molar-refractivity contribution in [2.24, 2.45) is 0 Å². The molecule has 0 aliphatic rings. The van der Waals surface area contributed by atoms with Gasteiger partial charge in [0.05, 0.1) is 15.6 Å². The molecule has 1 aromatic carbocycles. The molecule has 96 valence electrons. The van der Waals surface area contributed by atoms with Gasteiger partial charge in [-0.15, -0.1) is 0 Å². The maximum absolute atomic E-state index is 12.4. The minimum Gasteiger partial charge on any atom is -0.399 e. The van der Waals surface area contributed by atoms with Gasteiger partial charge in [0, 0.05) is 5.69 Å². The first kappa shape index (κ1) is 12.7. The first-order valence-electron chi connectivity index (χ1n) is 4.94. The second-order valence-electron chi connectivity index (χ2n) is 3.76. The summed E-state index contributed by atoms with van der Waals surface area (Å²) < 4.78 is 24.9. The highest BCUT2D eigenvalue weighted by atomic mass is 35.5. The summed E-state index contributed by atoms with van der Waals surface area (Å²) in [6.07, 6.45) is 0. The molecule has 0 radical (unpaired) electrons. The minimum absolute atomic E-state index is 0.0741. The van der Waals surface area contributed by atoms with E-state index in [1.807, 2.05) is 0 Å². The zero-order valence-electron chi connectivity index (χ0n) is 9.44. The van der Waals surface area contributed by atoms with Crippen LogP contribution in [-0.2, 0) is 9.84 Å². The van der Waals surface area contributed by atoms with Gasteiger partial charge in [-0.25, -0.2) is 8.42 Å². The molecule has 6 nitrogen and oxygen atoms in total. The van der Waals surface area contributed by atoms with Gasteiger partial charge in [0.2, 0.25) is 9.84 Å². The van der Waals surface area contributed by atoms with Crippen LogP contribution in [0.15, 0.2) is 28.0 Å². The second kappa shape index (κ2) is 4.18. The normalized spacial score (nSPS) is 11.7. The zero-order chi connectivity index (χ0) is 13.5. The van der Waals surface area contributed by atoms with Gasteiger partial charge in [0.25, 0.3) is 0 Å². The molecule has 0 saturated carbocycles. The molecule has 0 saturated heterocycles. The van der Waals surface area contributed by atoms with E-state index >= 15 is 0 Å². The number of sulfone groups is 1. The quantitative estimate of drug-likeness (QED) is 0.721. The lowest BCUT2D eigenvalue weighted by atomic mass is 10.3. The molecule has 0 spiro atoms. The molecule has 0 atom stereocenters. The van der Waals surface area contributed by atoms with Crippen molar-refractivity contribution in [3.8, 4) is 0 Å². The number of aromatic amines is 1. The van der Waals surface area contributed by atoms with Crippen molar-refractivity contribution in [1.82, 2.24) is 10.2 Å². The molecule has 8 heteroatoms. The predicted molar refractivity (Wildman–Crippen MR) is 69.1 cm³/mol. The van der Waals surface area contributed by atoms with Gasteiger partial charge in [-0.3, -0.25) is 5.10 Å². The summed E-state index contributed by atoms with van der Waals surface area (Å²) >= 11 is 5.90. The van der Waals surface area contributed by atoms with Crippen LogP contribution in [0.2, 0.25) is 5.02 Å². The van der Waals surface area contributed by atoms with Crippen molar-refractivity contribution < 1.29 is 8.42 Å². The summed E-state index contributed by atoms with van der Waals surface area (Å²) in [6.45, 7) is 1.57. The third kappa shape index (κ3) is 1.91. The number of hydrogen-bond acceptors (Lipinski definition) is 5. The summed E-state index contributed by atoms with van der Waals surface area (Å²) in [5, 5.41) is 6.26. The van der Waals surface area contributed by atoms with Crippen LogP contribution in [0.5, 0.6) is 0 Å². The van der Waals surface area contributed by atoms with E-state index in [0.29, 0.717) is 11.4 Å². The number of nitrogens with zero attached hydrogens (tertiary/aromatic N) is 1. The number of nitrogens with one attached hydrogen (secondary N) is 1. The molecular formula is C10H11ClN4O2S. The van der Waals surface area contributed by atoms with E-state index in [1.54, 1.807) is 6.92 Å². The molecule has 2 rings (SSSR count). The Morgan fingerprint density at radius 2 is 2.00 bits per heavy atom. The maximum Gasteiger partial charge on any atom is 0.213 e. The fraction of sp³-hybridized carbons (Fsp3) is 0.100. The Labute approximate surface area is 109 Å². The molecule has 18 heavy (non-hydrogen) atoms. The van der Waals surface area contributed by atoms with Crippen molar-refractivity contribution in [2.45, 2.75) is 16.7 Å². The van der Waals surface area contributed by atoms with Crippen LogP contribution in [0, 0.1) is 6.92 Å².